The van der Waals surface area contributed by atoms with Gasteiger partial charge >= 0.3 is 0 Å². The molecule has 0 fully saturated rings. The van der Waals surface area contributed by atoms with E-state index in [-0.39, 0.29) is 6.61 Å². The summed E-state index contributed by atoms with van der Waals surface area (Å²) in [5, 5.41) is 19.0. The molecule has 1 aliphatic rings. The van der Waals surface area contributed by atoms with Gasteiger partial charge in [-0.1, -0.05) is 0 Å². The number of nitriles is 1. The van der Waals surface area contributed by atoms with Gasteiger partial charge in [0.1, 0.15) is 24.2 Å². The molecule has 0 bridgehead atoms. The molecule has 0 aromatic heterocycles. The quantitative estimate of drug-likeness (QED) is 0.884. The third-order valence-corrected chi connectivity index (χ3v) is 4.02. The second-order valence-corrected chi connectivity index (χ2v) is 5.87. The minimum atomic E-state index is -0.616. The zero-order chi connectivity index (χ0) is 16.9. The molecule has 1 heterocycles. The summed E-state index contributed by atoms with van der Waals surface area (Å²) in [5.74, 6) is 1.60. The molecule has 1 aliphatic heterocycles. The largest absolute Gasteiger partial charge is 0.493 e. The molecule has 0 saturated heterocycles. The second kappa shape index (κ2) is 7.24. The molecule has 5 nitrogen and oxygen atoms in total. The molecule has 1 atom stereocenters. The Morgan fingerprint density at radius 3 is 2.83 bits per heavy atom. The van der Waals surface area contributed by atoms with Gasteiger partial charge in [0, 0.05) is 25.7 Å². The molecular weight excluding hydrogens is 304 g/mol. The van der Waals surface area contributed by atoms with Gasteiger partial charge in [0.15, 0.2) is 0 Å². The van der Waals surface area contributed by atoms with Crippen LogP contribution in [-0.4, -0.2) is 38.0 Å². The van der Waals surface area contributed by atoms with Gasteiger partial charge in [-0.3, -0.25) is 0 Å². The molecule has 3 rings (SSSR count). The maximum absolute atomic E-state index is 10.2. The summed E-state index contributed by atoms with van der Waals surface area (Å²) >= 11 is 0. The number of nitrogens with zero attached hydrogens (tertiary/aromatic N) is 2. The van der Waals surface area contributed by atoms with Crippen LogP contribution in [0.1, 0.15) is 11.1 Å². The van der Waals surface area contributed by atoms with Gasteiger partial charge in [-0.15, -0.1) is 0 Å². The van der Waals surface area contributed by atoms with Crippen LogP contribution in [0.4, 0.5) is 5.69 Å². The molecule has 0 spiro atoms. The number of benzene rings is 2. The summed E-state index contributed by atoms with van der Waals surface area (Å²) in [4.78, 5) is 2.01. The van der Waals surface area contributed by atoms with Gasteiger partial charge < -0.3 is 19.5 Å². The van der Waals surface area contributed by atoms with Gasteiger partial charge in [0.2, 0.25) is 0 Å². The molecule has 0 radical (unpaired) electrons. The van der Waals surface area contributed by atoms with E-state index in [1.165, 1.54) is 5.56 Å². The van der Waals surface area contributed by atoms with Crippen LogP contribution in [0.25, 0.3) is 0 Å². The predicted molar refractivity (Wildman–Crippen MR) is 91.6 cm³/mol. The molecule has 24 heavy (non-hydrogen) atoms. The Morgan fingerprint density at radius 2 is 2.08 bits per heavy atom. The maximum atomic E-state index is 10.2. The van der Waals surface area contributed by atoms with Crippen LogP contribution < -0.4 is 14.4 Å². The van der Waals surface area contributed by atoms with Crippen molar-refractivity contribution in [3.8, 4) is 17.6 Å². The highest BCUT2D eigenvalue weighted by atomic mass is 16.5. The minimum absolute atomic E-state index is 0.199. The summed E-state index contributed by atoms with van der Waals surface area (Å²) in [7, 11) is 1.95. The first-order chi connectivity index (χ1) is 11.7. The van der Waals surface area contributed by atoms with Gasteiger partial charge in [0.05, 0.1) is 18.2 Å². The molecule has 0 saturated carbocycles. The normalized spacial score (nSPS) is 13.5. The van der Waals surface area contributed by atoms with Crippen LogP contribution in [0.2, 0.25) is 0 Å². The van der Waals surface area contributed by atoms with Crippen molar-refractivity contribution >= 4 is 5.69 Å². The van der Waals surface area contributed by atoms with Crippen LogP contribution in [0.15, 0.2) is 42.5 Å². The van der Waals surface area contributed by atoms with Crippen LogP contribution in [0, 0.1) is 11.3 Å². The Bertz CT molecular complexity index is 737. The summed E-state index contributed by atoms with van der Waals surface area (Å²) in [6.07, 6.45) is 0.316. The number of hydrogen-bond donors (Lipinski definition) is 1. The van der Waals surface area contributed by atoms with E-state index < -0.39 is 6.10 Å². The number of fused-ring (bicyclic) bond motifs is 1. The summed E-state index contributed by atoms with van der Waals surface area (Å²) < 4.78 is 11.1. The number of likely N-dealkylation sites (N-methyl/N-ethyl adjacent to an activating group) is 1. The lowest BCUT2D eigenvalue weighted by atomic mass is 10.1. The zero-order valence-corrected chi connectivity index (χ0v) is 13.6. The van der Waals surface area contributed by atoms with Crippen molar-refractivity contribution in [1.29, 1.82) is 5.26 Å². The maximum Gasteiger partial charge on any atom is 0.122 e. The first-order valence-electron chi connectivity index (χ1n) is 7.93. The molecule has 0 amide bonds. The molecule has 2 aromatic rings. The number of aliphatic hydroxyl groups is 1. The van der Waals surface area contributed by atoms with E-state index >= 15 is 0 Å². The van der Waals surface area contributed by atoms with Crippen molar-refractivity contribution in [3.63, 3.8) is 0 Å². The lowest BCUT2D eigenvalue weighted by molar-refractivity contribution is 0.113. The predicted octanol–water partition coefficient (Wildman–Crippen LogP) is 2.37. The van der Waals surface area contributed by atoms with E-state index in [9.17, 15) is 5.11 Å². The second-order valence-electron chi connectivity index (χ2n) is 5.87. The van der Waals surface area contributed by atoms with Crippen molar-refractivity contribution in [2.24, 2.45) is 0 Å². The highest BCUT2D eigenvalue weighted by Crippen LogP contribution is 2.29. The molecule has 5 heteroatoms. The average Bonchev–Trinajstić information content (AvgIpc) is 3.08. The standard InChI is InChI=1S/C19H20N2O3/c1-21(16-4-7-19-15(10-16)8-9-23-19)12-17(22)13-24-18-5-2-14(11-20)3-6-18/h2-7,10,17,22H,8-9,12-13H2,1H3. The van der Waals surface area contributed by atoms with E-state index in [1.54, 1.807) is 24.3 Å². The van der Waals surface area contributed by atoms with Crippen molar-refractivity contribution in [2.45, 2.75) is 12.5 Å². The molecule has 124 valence electrons. The van der Waals surface area contributed by atoms with E-state index in [0.29, 0.717) is 17.9 Å². The Morgan fingerprint density at radius 1 is 1.29 bits per heavy atom. The first-order valence-corrected chi connectivity index (χ1v) is 7.93. The Hall–Kier alpha value is -2.71. The highest BCUT2D eigenvalue weighted by Gasteiger charge is 2.15. The number of aliphatic hydroxyl groups excluding tert-OH is 1. The van der Waals surface area contributed by atoms with E-state index in [4.69, 9.17) is 14.7 Å². The monoisotopic (exact) mass is 324 g/mol. The highest BCUT2D eigenvalue weighted by molar-refractivity contribution is 5.54. The number of anilines is 1. The summed E-state index contributed by atoms with van der Waals surface area (Å²) in [5.41, 5.74) is 2.85. The lowest BCUT2D eigenvalue weighted by Gasteiger charge is -2.23. The smallest absolute Gasteiger partial charge is 0.122 e. The fourth-order valence-electron chi connectivity index (χ4n) is 2.70. The van der Waals surface area contributed by atoms with Crippen molar-refractivity contribution in [2.75, 3.05) is 31.7 Å². The van der Waals surface area contributed by atoms with Gasteiger partial charge in [-0.25, -0.2) is 0 Å². The third kappa shape index (κ3) is 3.79. The molecule has 0 aliphatic carbocycles. The average molecular weight is 324 g/mol. The van der Waals surface area contributed by atoms with E-state index in [0.717, 1.165) is 24.5 Å². The minimum Gasteiger partial charge on any atom is -0.493 e. The zero-order valence-electron chi connectivity index (χ0n) is 13.6. The Kier molecular flexibility index (Phi) is 4.88. The number of ether oxygens (including phenoxy) is 2. The van der Waals surface area contributed by atoms with Crippen molar-refractivity contribution < 1.29 is 14.6 Å². The van der Waals surface area contributed by atoms with Gasteiger partial charge in [-0.2, -0.15) is 5.26 Å². The van der Waals surface area contributed by atoms with Crippen LogP contribution >= 0.6 is 0 Å². The van der Waals surface area contributed by atoms with Crippen molar-refractivity contribution in [1.82, 2.24) is 0 Å². The first kappa shape index (κ1) is 16.2. The molecular formula is C19H20N2O3. The fourth-order valence-corrected chi connectivity index (χ4v) is 2.70. The Labute approximate surface area is 141 Å². The summed E-state index contributed by atoms with van der Waals surface area (Å²) in [6, 6.07) is 15.0. The Balaban J connectivity index is 1.52. The fraction of sp³-hybridized carbons (Fsp3) is 0.316. The number of rotatable bonds is 6. The van der Waals surface area contributed by atoms with Crippen molar-refractivity contribution in [3.05, 3.63) is 53.6 Å². The third-order valence-electron chi connectivity index (χ3n) is 4.02. The summed E-state index contributed by atoms with van der Waals surface area (Å²) in [6.45, 7) is 1.41. The van der Waals surface area contributed by atoms with Crippen LogP contribution in [0.5, 0.6) is 11.5 Å². The van der Waals surface area contributed by atoms with Crippen LogP contribution in [-0.2, 0) is 6.42 Å². The molecule has 1 N–H and O–H groups in total. The van der Waals surface area contributed by atoms with Gasteiger partial charge in [0.25, 0.3) is 0 Å². The van der Waals surface area contributed by atoms with Gasteiger partial charge in [-0.05, 0) is 48.0 Å². The topological polar surface area (TPSA) is 65.7 Å². The molecule has 1 unspecified atom stereocenters. The number of hydrogen-bond acceptors (Lipinski definition) is 5. The molecule has 2 aromatic carbocycles. The lowest BCUT2D eigenvalue weighted by Crippen LogP contribution is -2.33. The van der Waals surface area contributed by atoms with Crippen LogP contribution in [0.3, 0.4) is 0 Å². The van der Waals surface area contributed by atoms with E-state index in [2.05, 4.69) is 12.1 Å². The SMILES string of the molecule is CN(CC(O)COc1ccc(C#N)cc1)c1ccc2c(c1)CCO2. The van der Waals surface area contributed by atoms with E-state index in [1.807, 2.05) is 24.1 Å².